The maximum absolute atomic E-state index is 6.29. The van der Waals surface area contributed by atoms with Crippen LogP contribution in [0.5, 0.6) is 0 Å². The molecule has 0 unspecified atom stereocenters. The molecular formula is C22H23ClN4S. The fourth-order valence-electron chi connectivity index (χ4n) is 4.13. The molecule has 0 radical (unpaired) electrons. The van der Waals surface area contributed by atoms with Gasteiger partial charge in [-0.25, -0.2) is 0 Å². The Morgan fingerprint density at radius 3 is 2.61 bits per heavy atom. The Bertz CT molecular complexity index is 1040. The number of nitrogens with zero attached hydrogens (tertiary/aromatic N) is 3. The van der Waals surface area contributed by atoms with Gasteiger partial charge in [-0.05, 0) is 74.4 Å². The number of halogens is 1. The minimum Gasteiger partial charge on any atom is -0.352 e. The molecule has 1 aliphatic rings. The maximum atomic E-state index is 6.29. The predicted molar refractivity (Wildman–Crippen MR) is 118 cm³/mol. The number of rotatable bonds is 3. The predicted octanol–water partition coefficient (Wildman–Crippen LogP) is 5.05. The van der Waals surface area contributed by atoms with E-state index in [9.17, 15) is 0 Å². The normalized spacial score (nSPS) is 19.2. The van der Waals surface area contributed by atoms with Gasteiger partial charge >= 0.3 is 0 Å². The standard InChI is InChI=1S/C22H23ClN4S/c1-13-8-9-16(23)12-19(13)27-14(2)11-17(15(27)3)21-20(25-22(28)26(21)4)18-7-5-6-10-24-18/h5-12,20-21H,1-4H3,(H,25,28)/t20-,21+/m1/s1. The van der Waals surface area contributed by atoms with Gasteiger partial charge in [0, 0.05) is 35.3 Å². The average Bonchev–Trinajstić information content (AvgIpc) is 3.13. The molecule has 4 rings (SSSR count). The molecular weight excluding hydrogens is 388 g/mol. The first-order valence-electron chi connectivity index (χ1n) is 9.28. The average molecular weight is 411 g/mol. The summed E-state index contributed by atoms with van der Waals surface area (Å²) < 4.78 is 2.28. The van der Waals surface area contributed by atoms with Crippen LogP contribution in [-0.4, -0.2) is 26.6 Å². The molecule has 0 saturated carbocycles. The number of aryl methyl sites for hydroxylation is 2. The molecule has 144 valence electrons. The molecule has 28 heavy (non-hydrogen) atoms. The second-order valence-electron chi connectivity index (χ2n) is 7.33. The maximum Gasteiger partial charge on any atom is 0.169 e. The van der Waals surface area contributed by atoms with Crippen molar-refractivity contribution in [3.8, 4) is 5.69 Å². The summed E-state index contributed by atoms with van der Waals surface area (Å²) in [6.45, 7) is 6.40. The summed E-state index contributed by atoms with van der Waals surface area (Å²) in [4.78, 5) is 6.71. The molecule has 1 saturated heterocycles. The molecule has 2 atom stereocenters. The van der Waals surface area contributed by atoms with Crippen LogP contribution in [0.4, 0.5) is 0 Å². The number of benzene rings is 1. The van der Waals surface area contributed by atoms with Crippen molar-refractivity contribution in [1.29, 1.82) is 0 Å². The second kappa shape index (κ2) is 7.22. The number of thiocarbonyl (C=S) groups is 1. The van der Waals surface area contributed by atoms with Crippen molar-refractivity contribution in [3.63, 3.8) is 0 Å². The van der Waals surface area contributed by atoms with Gasteiger partial charge in [0.2, 0.25) is 0 Å². The van der Waals surface area contributed by atoms with Crippen LogP contribution >= 0.6 is 23.8 Å². The summed E-state index contributed by atoms with van der Waals surface area (Å²) in [6.07, 6.45) is 1.83. The molecule has 1 aliphatic heterocycles. The van der Waals surface area contributed by atoms with Gasteiger partial charge in [0.1, 0.15) is 0 Å². The van der Waals surface area contributed by atoms with E-state index in [1.165, 1.54) is 22.5 Å². The Balaban J connectivity index is 1.85. The molecule has 6 heteroatoms. The van der Waals surface area contributed by atoms with E-state index in [2.05, 4.69) is 52.7 Å². The van der Waals surface area contributed by atoms with Gasteiger partial charge in [-0.15, -0.1) is 0 Å². The van der Waals surface area contributed by atoms with E-state index in [1.807, 2.05) is 43.6 Å². The Hall–Kier alpha value is -2.37. The molecule has 1 fully saturated rings. The SMILES string of the molecule is Cc1ccc(Cl)cc1-n1c(C)cc([C@H]2[C@@H](c3ccccn3)NC(=S)N2C)c1C. The highest BCUT2D eigenvalue weighted by atomic mass is 35.5. The number of nitrogens with one attached hydrogen (secondary N) is 1. The molecule has 0 bridgehead atoms. The zero-order valence-electron chi connectivity index (χ0n) is 16.4. The van der Waals surface area contributed by atoms with Gasteiger partial charge in [-0.2, -0.15) is 0 Å². The van der Waals surface area contributed by atoms with E-state index >= 15 is 0 Å². The molecule has 3 heterocycles. The van der Waals surface area contributed by atoms with Gasteiger partial charge < -0.3 is 14.8 Å². The van der Waals surface area contributed by atoms with Crippen LogP contribution in [0, 0.1) is 20.8 Å². The van der Waals surface area contributed by atoms with Gasteiger partial charge in [0.25, 0.3) is 0 Å². The third-order valence-electron chi connectivity index (χ3n) is 5.54. The van der Waals surface area contributed by atoms with Crippen LogP contribution in [-0.2, 0) is 0 Å². The van der Waals surface area contributed by atoms with Crippen LogP contribution in [0.1, 0.15) is 40.3 Å². The molecule has 2 aromatic heterocycles. The van der Waals surface area contributed by atoms with Crippen molar-refractivity contribution in [2.24, 2.45) is 0 Å². The summed E-state index contributed by atoms with van der Waals surface area (Å²) >= 11 is 11.9. The number of likely N-dealkylation sites (N-methyl/N-ethyl adjacent to an activating group) is 1. The monoisotopic (exact) mass is 410 g/mol. The highest BCUT2D eigenvalue weighted by Gasteiger charge is 2.39. The second-order valence-corrected chi connectivity index (χ2v) is 8.15. The summed E-state index contributed by atoms with van der Waals surface area (Å²) in [7, 11) is 2.04. The smallest absolute Gasteiger partial charge is 0.169 e. The minimum atomic E-state index is 0.00751. The molecule has 1 N–H and O–H groups in total. The lowest BCUT2D eigenvalue weighted by molar-refractivity contribution is 0.367. The molecule has 0 aliphatic carbocycles. The Morgan fingerprint density at radius 2 is 1.89 bits per heavy atom. The van der Waals surface area contributed by atoms with Crippen molar-refractivity contribution in [1.82, 2.24) is 19.8 Å². The summed E-state index contributed by atoms with van der Waals surface area (Å²) in [6, 6.07) is 14.3. The van der Waals surface area contributed by atoms with Crippen LogP contribution in [0.15, 0.2) is 48.7 Å². The topological polar surface area (TPSA) is 33.1 Å². The molecule has 3 aromatic rings. The van der Waals surface area contributed by atoms with E-state index in [0.717, 1.165) is 21.5 Å². The molecule has 4 nitrogen and oxygen atoms in total. The van der Waals surface area contributed by atoms with Gasteiger partial charge in [0.05, 0.1) is 17.8 Å². The van der Waals surface area contributed by atoms with E-state index in [1.54, 1.807) is 0 Å². The van der Waals surface area contributed by atoms with Crippen LogP contribution in [0.2, 0.25) is 5.02 Å². The highest BCUT2D eigenvalue weighted by molar-refractivity contribution is 7.80. The molecule has 1 aromatic carbocycles. The highest BCUT2D eigenvalue weighted by Crippen LogP contribution is 2.40. The van der Waals surface area contributed by atoms with Crippen molar-refractivity contribution in [2.45, 2.75) is 32.9 Å². The van der Waals surface area contributed by atoms with Crippen molar-refractivity contribution in [3.05, 3.63) is 81.9 Å². The lowest BCUT2D eigenvalue weighted by Crippen LogP contribution is -2.25. The molecule has 0 amide bonds. The number of hydrogen-bond donors (Lipinski definition) is 1. The largest absolute Gasteiger partial charge is 0.352 e. The number of aromatic nitrogens is 2. The Morgan fingerprint density at radius 1 is 1.11 bits per heavy atom. The number of pyridine rings is 1. The van der Waals surface area contributed by atoms with E-state index in [0.29, 0.717) is 0 Å². The first-order valence-corrected chi connectivity index (χ1v) is 10.1. The van der Waals surface area contributed by atoms with E-state index in [-0.39, 0.29) is 12.1 Å². The van der Waals surface area contributed by atoms with Crippen LogP contribution < -0.4 is 5.32 Å². The first kappa shape index (κ1) is 19.0. The van der Waals surface area contributed by atoms with Crippen LogP contribution in [0.25, 0.3) is 5.69 Å². The minimum absolute atomic E-state index is 0.00751. The van der Waals surface area contributed by atoms with Crippen molar-refractivity contribution in [2.75, 3.05) is 7.05 Å². The lowest BCUT2D eigenvalue weighted by Gasteiger charge is -2.24. The summed E-state index contributed by atoms with van der Waals surface area (Å²) in [5, 5.41) is 4.93. The fourth-order valence-corrected chi connectivity index (χ4v) is 4.54. The molecule has 0 spiro atoms. The Kier molecular flexibility index (Phi) is 4.89. The van der Waals surface area contributed by atoms with Crippen molar-refractivity contribution < 1.29 is 0 Å². The lowest BCUT2D eigenvalue weighted by atomic mass is 9.97. The Labute approximate surface area is 176 Å². The zero-order valence-corrected chi connectivity index (χ0v) is 18.0. The quantitative estimate of drug-likeness (QED) is 0.612. The fraction of sp³-hybridized carbons (Fsp3) is 0.273. The van der Waals surface area contributed by atoms with Gasteiger partial charge in [-0.3, -0.25) is 4.98 Å². The van der Waals surface area contributed by atoms with Gasteiger partial charge in [0.15, 0.2) is 5.11 Å². The van der Waals surface area contributed by atoms with Crippen LogP contribution in [0.3, 0.4) is 0 Å². The summed E-state index contributed by atoms with van der Waals surface area (Å²) in [5.41, 5.74) is 6.88. The zero-order chi connectivity index (χ0) is 20.0. The third kappa shape index (κ3) is 3.09. The van der Waals surface area contributed by atoms with E-state index in [4.69, 9.17) is 23.8 Å². The third-order valence-corrected chi connectivity index (χ3v) is 6.18. The van der Waals surface area contributed by atoms with E-state index < -0.39 is 0 Å². The van der Waals surface area contributed by atoms with Crippen molar-refractivity contribution >= 4 is 28.9 Å². The first-order chi connectivity index (χ1) is 13.4. The summed E-state index contributed by atoms with van der Waals surface area (Å²) in [5.74, 6) is 0. The van der Waals surface area contributed by atoms with Gasteiger partial charge in [-0.1, -0.05) is 23.7 Å². The number of hydrogen-bond acceptors (Lipinski definition) is 2.